The van der Waals surface area contributed by atoms with Gasteiger partial charge in [0.15, 0.2) is 6.61 Å². The quantitative estimate of drug-likeness (QED) is 0.913. The molecule has 0 atom stereocenters. The van der Waals surface area contributed by atoms with Gasteiger partial charge in [-0.1, -0.05) is 35.3 Å². The van der Waals surface area contributed by atoms with E-state index in [1.807, 2.05) is 25.1 Å². The first-order valence-corrected chi connectivity index (χ1v) is 6.74. The van der Waals surface area contributed by atoms with E-state index in [0.29, 0.717) is 21.5 Å². The first kappa shape index (κ1) is 14.7. The molecule has 0 heterocycles. The third kappa shape index (κ3) is 4.44. The Morgan fingerprint density at radius 1 is 1.15 bits per heavy atom. The second kappa shape index (κ2) is 6.64. The lowest BCUT2D eigenvalue weighted by molar-refractivity contribution is -0.118. The van der Waals surface area contributed by atoms with Gasteiger partial charge < -0.3 is 10.1 Å². The molecule has 2 aromatic carbocycles. The zero-order chi connectivity index (χ0) is 14.5. The topological polar surface area (TPSA) is 38.3 Å². The molecule has 1 N–H and O–H groups in total. The molecule has 0 aromatic heterocycles. The number of halogens is 2. The van der Waals surface area contributed by atoms with Crippen LogP contribution in [0.1, 0.15) is 5.56 Å². The molecule has 0 fully saturated rings. The molecule has 0 spiro atoms. The van der Waals surface area contributed by atoms with Gasteiger partial charge >= 0.3 is 0 Å². The van der Waals surface area contributed by atoms with Gasteiger partial charge in [0.2, 0.25) is 0 Å². The first-order valence-electron chi connectivity index (χ1n) is 5.98. The van der Waals surface area contributed by atoms with E-state index in [4.69, 9.17) is 27.9 Å². The summed E-state index contributed by atoms with van der Waals surface area (Å²) in [6, 6.07) is 12.3. The van der Waals surface area contributed by atoms with Gasteiger partial charge in [-0.15, -0.1) is 0 Å². The highest BCUT2D eigenvalue weighted by molar-refractivity contribution is 6.35. The van der Waals surface area contributed by atoms with Crippen molar-refractivity contribution in [3.8, 4) is 5.75 Å². The lowest BCUT2D eigenvalue weighted by atomic mass is 10.2. The summed E-state index contributed by atoms with van der Waals surface area (Å²) in [4.78, 5) is 11.8. The van der Waals surface area contributed by atoms with Crippen LogP contribution >= 0.6 is 23.2 Å². The van der Waals surface area contributed by atoms with Crippen LogP contribution in [-0.4, -0.2) is 12.5 Å². The van der Waals surface area contributed by atoms with Gasteiger partial charge in [0, 0.05) is 15.7 Å². The summed E-state index contributed by atoms with van der Waals surface area (Å²) in [7, 11) is 0. The summed E-state index contributed by atoms with van der Waals surface area (Å²) in [6.07, 6.45) is 0. The highest BCUT2D eigenvalue weighted by atomic mass is 35.5. The number of ether oxygens (including phenoxy) is 1. The van der Waals surface area contributed by atoms with Crippen LogP contribution in [-0.2, 0) is 4.79 Å². The lowest BCUT2D eigenvalue weighted by Gasteiger charge is -2.08. The summed E-state index contributed by atoms with van der Waals surface area (Å²) in [5.41, 5.74) is 1.62. The van der Waals surface area contributed by atoms with E-state index in [9.17, 15) is 4.79 Å². The molecule has 2 aromatic rings. The van der Waals surface area contributed by atoms with Gasteiger partial charge in [0.25, 0.3) is 5.91 Å². The smallest absolute Gasteiger partial charge is 0.262 e. The van der Waals surface area contributed by atoms with Crippen molar-refractivity contribution in [3.05, 3.63) is 58.1 Å². The second-order valence-electron chi connectivity index (χ2n) is 4.31. The summed E-state index contributed by atoms with van der Waals surface area (Å²) < 4.78 is 5.40. The zero-order valence-electron chi connectivity index (χ0n) is 10.8. The van der Waals surface area contributed by atoms with Gasteiger partial charge in [0.1, 0.15) is 5.75 Å². The first-order chi connectivity index (χ1) is 9.52. The summed E-state index contributed by atoms with van der Waals surface area (Å²) in [6.45, 7) is 1.88. The summed E-state index contributed by atoms with van der Waals surface area (Å²) in [5.74, 6) is 0.383. The number of anilines is 1. The number of aryl methyl sites for hydroxylation is 1. The van der Waals surface area contributed by atoms with Gasteiger partial charge in [0.05, 0.1) is 0 Å². The molecule has 104 valence electrons. The largest absolute Gasteiger partial charge is 0.484 e. The maximum Gasteiger partial charge on any atom is 0.262 e. The molecule has 0 radical (unpaired) electrons. The number of carbonyl (C=O) groups is 1. The Kier molecular flexibility index (Phi) is 4.88. The monoisotopic (exact) mass is 309 g/mol. The van der Waals surface area contributed by atoms with Crippen molar-refractivity contribution >= 4 is 34.8 Å². The fraction of sp³-hybridized carbons (Fsp3) is 0.133. The molecule has 0 bridgehead atoms. The maximum absolute atomic E-state index is 11.8. The van der Waals surface area contributed by atoms with Gasteiger partial charge in [-0.3, -0.25) is 4.79 Å². The maximum atomic E-state index is 11.8. The predicted molar refractivity (Wildman–Crippen MR) is 81.8 cm³/mol. The highest BCUT2D eigenvalue weighted by Crippen LogP contribution is 2.22. The molecule has 0 aliphatic carbocycles. The molecule has 5 heteroatoms. The van der Waals surface area contributed by atoms with E-state index in [-0.39, 0.29) is 12.5 Å². The van der Waals surface area contributed by atoms with Crippen molar-refractivity contribution in [2.45, 2.75) is 6.92 Å². The Hall–Kier alpha value is -1.71. The number of hydrogen-bond acceptors (Lipinski definition) is 2. The second-order valence-corrected chi connectivity index (χ2v) is 5.18. The molecule has 0 unspecified atom stereocenters. The Morgan fingerprint density at radius 3 is 2.50 bits per heavy atom. The van der Waals surface area contributed by atoms with Crippen LogP contribution in [0.15, 0.2) is 42.5 Å². The average Bonchev–Trinajstić information content (AvgIpc) is 2.35. The van der Waals surface area contributed by atoms with Gasteiger partial charge in [-0.25, -0.2) is 0 Å². The van der Waals surface area contributed by atoms with Crippen molar-refractivity contribution in [1.82, 2.24) is 0 Å². The van der Waals surface area contributed by atoms with Crippen molar-refractivity contribution in [3.63, 3.8) is 0 Å². The molecule has 0 saturated heterocycles. The minimum atomic E-state index is -0.273. The third-order valence-corrected chi connectivity index (χ3v) is 2.94. The van der Waals surface area contributed by atoms with E-state index >= 15 is 0 Å². The Morgan fingerprint density at radius 2 is 1.85 bits per heavy atom. The summed E-state index contributed by atoms with van der Waals surface area (Å²) >= 11 is 11.7. The molecular weight excluding hydrogens is 297 g/mol. The number of carbonyl (C=O) groups excluding carboxylic acids is 1. The van der Waals surface area contributed by atoms with Crippen molar-refractivity contribution in [2.24, 2.45) is 0 Å². The van der Waals surface area contributed by atoms with E-state index in [1.165, 1.54) is 0 Å². The van der Waals surface area contributed by atoms with Crippen LogP contribution in [0.4, 0.5) is 5.69 Å². The van der Waals surface area contributed by atoms with Crippen LogP contribution in [0.3, 0.4) is 0 Å². The fourth-order valence-corrected chi connectivity index (χ4v) is 2.20. The number of amides is 1. The summed E-state index contributed by atoms with van der Waals surface area (Å²) in [5, 5.41) is 3.61. The van der Waals surface area contributed by atoms with E-state index in [0.717, 1.165) is 5.56 Å². The predicted octanol–water partition coefficient (Wildman–Crippen LogP) is 4.32. The minimum absolute atomic E-state index is 0.0758. The van der Waals surface area contributed by atoms with Crippen LogP contribution in [0.5, 0.6) is 5.75 Å². The highest BCUT2D eigenvalue weighted by Gasteiger charge is 2.05. The molecule has 0 saturated carbocycles. The average molecular weight is 310 g/mol. The molecule has 3 nitrogen and oxygen atoms in total. The van der Waals surface area contributed by atoms with Crippen LogP contribution < -0.4 is 10.1 Å². The van der Waals surface area contributed by atoms with Crippen LogP contribution in [0, 0.1) is 6.92 Å². The van der Waals surface area contributed by atoms with Gasteiger partial charge in [-0.05, 0) is 42.8 Å². The Bertz CT molecular complexity index is 609. The molecule has 0 aliphatic rings. The molecule has 0 aliphatic heterocycles. The number of benzene rings is 2. The van der Waals surface area contributed by atoms with Crippen molar-refractivity contribution in [1.29, 1.82) is 0 Å². The van der Waals surface area contributed by atoms with Crippen molar-refractivity contribution in [2.75, 3.05) is 11.9 Å². The van der Waals surface area contributed by atoms with Crippen molar-refractivity contribution < 1.29 is 9.53 Å². The Labute approximate surface area is 127 Å². The van der Waals surface area contributed by atoms with Crippen LogP contribution in [0.2, 0.25) is 10.0 Å². The van der Waals surface area contributed by atoms with Gasteiger partial charge in [-0.2, -0.15) is 0 Å². The van der Waals surface area contributed by atoms with E-state index in [2.05, 4.69) is 5.32 Å². The number of nitrogens with one attached hydrogen (secondary N) is 1. The van der Waals surface area contributed by atoms with E-state index < -0.39 is 0 Å². The third-order valence-electron chi connectivity index (χ3n) is 2.51. The zero-order valence-corrected chi connectivity index (χ0v) is 12.3. The number of hydrogen-bond donors (Lipinski definition) is 1. The normalized spacial score (nSPS) is 10.2. The molecule has 2 rings (SSSR count). The molecule has 20 heavy (non-hydrogen) atoms. The number of rotatable bonds is 4. The van der Waals surface area contributed by atoms with Crippen LogP contribution in [0.25, 0.3) is 0 Å². The fourth-order valence-electron chi connectivity index (χ4n) is 1.68. The minimum Gasteiger partial charge on any atom is -0.484 e. The van der Waals surface area contributed by atoms with E-state index in [1.54, 1.807) is 24.3 Å². The SMILES string of the molecule is Cc1cccc(OCC(=O)Nc2cc(Cl)cc(Cl)c2)c1. The lowest BCUT2D eigenvalue weighted by Crippen LogP contribution is -2.20. The molecular formula is C15H13Cl2NO2. The molecule has 1 amide bonds. The Balaban J connectivity index is 1.92. The standard InChI is InChI=1S/C15H13Cl2NO2/c1-10-3-2-4-14(5-10)20-9-15(19)18-13-7-11(16)6-12(17)8-13/h2-8H,9H2,1H3,(H,18,19).